The molecule has 0 saturated carbocycles. The Hall–Kier alpha value is -0.220. The van der Waals surface area contributed by atoms with E-state index in [1.165, 1.54) is 0 Å². The number of thioether (sulfide) groups is 1. The van der Waals surface area contributed by atoms with E-state index in [1.807, 2.05) is 25.6 Å². The number of nitrogens with one attached hydrogen (secondary N) is 2. The summed E-state index contributed by atoms with van der Waals surface area (Å²) in [6.07, 6.45) is 2.66. The quantitative estimate of drug-likeness (QED) is 0.632. The Labute approximate surface area is 91.4 Å². The SMILES string of the molecule is CSC(C)CNCCC(=O)NC(C)C. The molecule has 0 saturated heterocycles. The number of rotatable bonds is 7. The molecule has 0 aliphatic carbocycles. The third-order valence-electron chi connectivity index (χ3n) is 1.81. The molecule has 3 nitrogen and oxygen atoms in total. The minimum absolute atomic E-state index is 0.129. The fourth-order valence-corrected chi connectivity index (χ4v) is 1.27. The van der Waals surface area contributed by atoms with Crippen molar-refractivity contribution >= 4 is 17.7 Å². The molecule has 0 aromatic carbocycles. The van der Waals surface area contributed by atoms with Crippen LogP contribution in [0.25, 0.3) is 0 Å². The number of hydrogen-bond acceptors (Lipinski definition) is 3. The van der Waals surface area contributed by atoms with E-state index in [2.05, 4.69) is 23.8 Å². The fourth-order valence-electron chi connectivity index (χ4n) is 0.985. The Bertz CT molecular complexity index is 162. The van der Waals surface area contributed by atoms with Gasteiger partial charge in [-0.2, -0.15) is 11.8 Å². The van der Waals surface area contributed by atoms with Gasteiger partial charge in [0.15, 0.2) is 0 Å². The first-order chi connectivity index (χ1) is 6.56. The molecular formula is C10H22N2OS. The number of amides is 1. The third-order valence-corrected chi connectivity index (χ3v) is 2.78. The summed E-state index contributed by atoms with van der Waals surface area (Å²) in [4.78, 5) is 11.2. The molecule has 1 amide bonds. The monoisotopic (exact) mass is 218 g/mol. The summed E-state index contributed by atoms with van der Waals surface area (Å²) in [5.41, 5.74) is 0. The van der Waals surface area contributed by atoms with Crippen molar-refractivity contribution in [1.29, 1.82) is 0 Å². The van der Waals surface area contributed by atoms with Crippen molar-refractivity contribution in [3.8, 4) is 0 Å². The minimum atomic E-state index is 0.129. The summed E-state index contributed by atoms with van der Waals surface area (Å²) in [6.45, 7) is 7.85. The van der Waals surface area contributed by atoms with Crippen LogP contribution in [0.1, 0.15) is 27.2 Å². The molecule has 84 valence electrons. The Balaban J connectivity index is 3.31. The maximum atomic E-state index is 11.2. The Morgan fingerprint density at radius 2 is 2.00 bits per heavy atom. The topological polar surface area (TPSA) is 41.1 Å². The van der Waals surface area contributed by atoms with Crippen molar-refractivity contribution in [3.63, 3.8) is 0 Å². The van der Waals surface area contributed by atoms with Crippen LogP contribution in [0.4, 0.5) is 0 Å². The molecule has 0 rings (SSSR count). The molecule has 4 heteroatoms. The molecule has 1 unspecified atom stereocenters. The van der Waals surface area contributed by atoms with E-state index in [0.29, 0.717) is 11.7 Å². The second kappa shape index (κ2) is 8.12. The van der Waals surface area contributed by atoms with Gasteiger partial charge in [0.1, 0.15) is 0 Å². The van der Waals surface area contributed by atoms with E-state index in [9.17, 15) is 4.79 Å². The van der Waals surface area contributed by atoms with E-state index < -0.39 is 0 Å². The summed E-state index contributed by atoms with van der Waals surface area (Å²) in [5.74, 6) is 0.129. The molecular weight excluding hydrogens is 196 g/mol. The number of carbonyl (C=O) groups is 1. The highest BCUT2D eigenvalue weighted by Gasteiger charge is 2.03. The lowest BCUT2D eigenvalue weighted by Gasteiger charge is -2.11. The van der Waals surface area contributed by atoms with Crippen molar-refractivity contribution in [2.45, 2.75) is 38.5 Å². The molecule has 1 atom stereocenters. The van der Waals surface area contributed by atoms with Gasteiger partial charge in [0.25, 0.3) is 0 Å². The zero-order valence-corrected chi connectivity index (χ0v) is 10.4. The van der Waals surface area contributed by atoms with Crippen molar-refractivity contribution in [2.75, 3.05) is 19.3 Å². The molecule has 0 heterocycles. The molecule has 0 aliphatic rings. The van der Waals surface area contributed by atoms with Gasteiger partial charge in [0, 0.05) is 30.8 Å². The average molecular weight is 218 g/mol. The first-order valence-corrected chi connectivity index (χ1v) is 6.38. The fraction of sp³-hybridized carbons (Fsp3) is 0.900. The highest BCUT2D eigenvalue weighted by Crippen LogP contribution is 2.02. The molecule has 14 heavy (non-hydrogen) atoms. The lowest BCUT2D eigenvalue weighted by atomic mass is 10.3. The van der Waals surface area contributed by atoms with E-state index >= 15 is 0 Å². The van der Waals surface area contributed by atoms with E-state index in [1.54, 1.807) is 0 Å². The van der Waals surface area contributed by atoms with Crippen LogP contribution in [-0.4, -0.2) is 36.5 Å². The summed E-state index contributed by atoms with van der Waals surface area (Å²) >= 11 is 1.83. The van der Waals surface area contributed by atoms with Gasteiger partial charge in [0.2, 0.25) is 5.91 Å². The van der Waals surface area contributed by atoms with Crippen LogP contribution in [0.2, 0.25) is 0 Å². The molecule has 0 radical (unpaired) electrons. The van der Waals surface area contributed by atoms with Gasteiger partial charge in [-0.05, 0) is 20.1 Å². The van der Waals surface area contributed by atoms with Crippen LogP contribution >= 0.6 is 11.8 Å². The summed E-state index contributed by atoms with van der Waals surface area (Å²) in [7, 11) is 0. The van der Waals surface area contributed by atoms with Gasteiger partial charge < -0.3 is 10.6 Å². The van der Waals surface area contributed by atoms with Gasteiger partial charge in [0.05, 0.1) is 0 Å². The first kappa shape index (κ1) is 13.8. The van der Waals surface area contributed by atoms with Crippen molar-refractivity contribution < 1.29 is 4.79 Å². The lowest BCUT2D eigenvalue weighted by Crippen LogP contribution is -2.33. The Kier molecular flexibility index (Phi) is 7.99. The molecule has 0 bridgehead atoms. The molecule has 0 fully saturated rings. The van der Waals surface area contributed by atoms with Crippen molar-refractivity contribution in [2.24, 2.45) is 0 Å². The number of hydrogen-bond donors (Lipinski definition) is 2. The van der Waals surface area contributed by atoms with Gasteiger partial charge in [-0.15, -0.1) is 0 Å². The third kappa shape index (κ3) is 8.38. The van der Waals surface area contributed by atoms with Crippen molar-refractivity contribution in [3.05, 3.63) is 0 Å². The van der Waals surface area contributed by atoms with Gasteiger partial charge in [-0.1, -0.05) is 6.92 Å². The standard InChI is InChI=1S/C10H22N2OS/c1-8(2)12-10(13)5-6-11-7-9(3)14-4/h8-9,11H,5-7H2,1-4H3,(H,12,13). The van der Waals surface area contributed by atoms with Gasteiger partial charge in [-0.25, -0.2) is 0 Å². The van der Waals surface area contributed by atoms with E-state index in [4.69, 9.17) is 0 Å². The normalized spacial score (nSPS) is 12.9. The zero-order chi connectivity index (χ0) is 11.0. The summed E-state index contributed by atoms with van der Waals surface area (Å²) < 4.78 is 0. The van der Waals surface area contributed by atoms with Gasteiger partial charge >= 0.3 is 0 Å². The first-order valence-electron chi connectivity index (χ1n) is 5.09. The van der Waals surface area contributed by atoms with Crippen LogP contribution in [0, 0.1) is 0 Å². The molecule has 0 aliphatic heterocycles. The highest BCUT2D eigenvalue weighted by molar-refractivity contribution is 7.99. The van der Waals surface area contributed by atoms with Crippen LogP contribution in [0.15, 0.2) is 0 Å². The highest BCUT2D eigenvalue weighted by atomic mass is 32.2. The maximum Gasteiger partial charge on any atom is 0.221 e. The van der Waals surface area contributed by atoms with Crippen LogP contribution in [0.3, 0.4) is 0 Å². The average Bonchev–Trinajstić information content (AvgIpc) is 2.10. The van der Waals surface area contributed by atoms with Crippen LogP contribution < -0.4 is 10.6 Å². The second-order valence-corrected chi connectivity index (χ2v) is 5.00. The Morgan fingerprint density at radius 1 is 1.36 bits per heavy atom. The van der Waals surface area contributed by atoms with Gasteiger partial charge in [-0.3, -0.25) is 4.79 Å². The smallest absolute Gasteiger partial charge is 0.221 e. The van der Waals surface area contributed by atoms with Crippen LogP contribution in [-0.2, 0) is 4.79 Å². The second-order valence-electron chi connectivity index (χ2n) is 3.72. The van der Waals surface area contributed by atoms with E-state index in [-0.39, 0.29) is 11.9 Å². The largest absolute Gasteiger partial charge is 0.354 e. The Morgan fingerprint density at radius 3 is 2.50 bits per heavy atom. The maximum absolute atomic E-state index is 11.2. The molecule has 0 spiro atoms. The van der Waals surface area contributed by atoms with Crippen LogP contribution in [0.5, 0.6) is 0 Å². The predicted octanol–water partition coefficient (Wildman–Crippen LogP) is 1.24. The summed E-state index contributed by atoms with van der Waals surface area (Å²) in [5, 5.41) is 6.73. The van der Waals surface area contributed by atoms with Crippen molar-refractivity contribution in [1.82, 2.24) is 10.6 Å². The lowest BCUT2D eigenvalue weighted by molar-refractivity contribution is -0.121. The number of carbonyl (C=O) groups excluding carboxylic acids is 1. The summed E-state index contributed by atoms with van der Waals surface area (Å²) in [6, 6.07) is 0.243. The predicted molar refractivity (Wildman–Crippen MR) is 63.7 cm³/mol. The van der Waals surface area contributed by atoms with E-state index in [0.717, 1.165) is 13.1 Å². The zero-order valence-electron chi connectivity index (χ0n) is 9.59. The minimum Gasteiger partial charge on any atom is -0.354 e. The molecule has 0 aromatic rings. The molecule has 0 aromatic heterocycles. The molecule has 2 N–H and O–H groups in total.